The fraction of sp³-hybridized carbons (Fsp3) is 0.545. The maximum Gasteiger partial charge on any atom is 0.330 e. The smallest absolute Gasteiger partial charge is 0.330 e. The van der Waals surface area contributed by atoms with Crippen molar-refractivity contribution < 1.29 is 14.6 Å². The molecule has 8 heteroatoms. The van der Waals surface area contributed by atoms with E-state index in [1.807, 2.05) is 0 Å². The zero-order chi connectivity index (χ0) is 13.8. The molecule has 2 heterocycles. The largest absolute Gasteiger partial charge is 0.477 e. The van der Waals surface area contributed by atoms with Crippen LogP contribution in [0.5, 0.6) is 0 Å². The van der Waals surface area contributed by atoms with Gasteiger partial charge in [-0.15, -0.1) is 0 Å². The summed E-state index contributed by atoms with van der Waals surface area (Å²) in [5.74, 6) is 0.330. The monoisotopic (exact) mass is 269 g/mol. The quantitative estimate of drug-likeness (QED) is 0.684. The molecular weight excluding hydrogens is 254 g/mol. The van der Waals surface area contributed by atoms with Crippen LogP contribution in [0.25, 0.3) is 0 Å². The van der Waals surface area contributed by atoms with Crippen LogP contribution >= 0.6 is 0 Å². The molecule has 0 aliphatic carbocycles. The molecule has 1 atom stereocenters. The van der Waals surface area contributed by atoms with E-state index in [4.69, 9.17) is 9.47 Å². The maximum atomic E-state index is 11.5. The number of aliphatic hydroxyl groups is 1. The second-order valence-corrected chi connectivity index (χ2v) is 4.08. The minimum Gasteiger partial charge on any atom is -0.477 e. The van der Waals surface area contributed by atoms with E-state index in [9.17, 15) is 14.7 Å². The highest BCUT2D eigenvalue weighted by molar-refractivity contribution is 5.82. The van der Waals surface area contributed by atoms with Crippen LogP contribution in [0.1, 0.15) is 5.56 Å². The molecule has 0 fully saturated rings. The SMILES string of the molecule is Cc1cn(COC(CO)C2=NCCO2)c(=O)[nH]c1=O. The predicted octanol–water partition coefficient (Wildman–Crippen LogP) is -1.39. The molecule has 1 aromatic heterocycles. The van der Waals surface area contributed by atoms with Crippen molar-refractivity contribution in [3.05, 3.63) is 32.6 Å². The van der Waals surface area contributed by atoms with E-state index < -0.39 is 17.4 Å². The van der Waals surface area contributed by atoms with Gasteiger partial charge in [0.05, 0.1) is 13.2 Å². The summed E-state index contributed by atoms with van der Waals surface area (Å²) in [5.41, 5.74) is -0.594. The highest BCUT2D eigenvalue weighted by Crippen LogP contribution is 2.04. The zero-order valence-corrected chi connectivity index (χ0v) is 10.5. The Bertz CT molecular complexity index is 589. The molecule has 104 valence electrons. The molecule has 1 aliphatic rings. The molecule has 0 bridgehead atoms. The van der Waals surface area contributed by atoms with Gasteiger partial charge in [0.25, 0.3) is 5.56 Å². The lowest BCUT2D eigenvalue weighted by Crippen LogP contribution is -2.35. The van der Waals surface area contributed by atoms with Crippen molar-refractivity contribution in [1.82, 2.24) is 9.55 Å². The van der Waals surface area contributed by atoms with Gasteiger partial charge in [0, 0.05) is 11.8 Å². The Labute approximate surface area is 108 Å². The summed E-state index contributed by atoms with van der Waals surface area (Å²) >= 11 is 0. The fourth-order valence-corrected chi connectivity index (χ4v) is 1.63. The molecule has 1 aromatic rings. The number of aliphatic hydroxyl groups excluding tert-OH is 1. The third-order valence-corrected chi connectivity index (χ3v) is 2.65. The minimum atomic E-state index is -0.707. The third kappa shape index (κ3) is 3.09. The molecule has 19 heavy (non-hydrogen) atoms. The minimum absolute atomic E-state index is 0.107. The van der Waals surface area contributed by atoms with Gasteiger partial charge in [0.1, 0.15) is 13.3 Å². The van der Waals surface area contributed by atoms with E-state index in [1.165, 1.54) is 10.8 Å². The van der Waals surface area contributed by atoms with Gasteiger partial charge >= 0.3 is 5.69 Å². The van der Waals surface area contributed by atoms with E-state index in [0.29, 0.717) is 24.6 Å². The fourth-order valence-electron chi connectivity index (χ4n) is 1.63. The van der Waals surface area contributed by atoms with Crippen LogP contribution in [0, 0.1) is 6.92 Å². The van der Waals surface area contributed by atoms with E-state index >= 15 is 0 Å². The lowest BCUT2D eigenvalue weighted by atomic mass is 10.4. The van der Waals surface area contributed by atoms with E-state index in [-0.39, 0.29) is 13.3 Å². The first-order chi connectivity index (χ1) is 9.11. The molecule has 1 aliphatic heterocycles. The Kier molecular flexibility index (Phi) is 4.13. The molecule has 2 rings (SSSR count). The number of aromatic nitrogens is 2. The Balaban J connectivity index is 2.07. The summed E-state index contributed by atoms with van der Waals surface area (Å²) in [6, 6.07) is 0. The number of hydrogen-bond acceptors (Lipinski definition) is 6. The Morgan fingerprint density at radius 1 is 1.63 bits per heavy atom. The molecule has 0 amide bonds. The average molecular weight is 269 g/mol. The number of rotatable bonds is 5. The second-order valence-electron chi connectivity index (χ2n) is 4.08. The lowest BCUT2D eigenvalue weighted by Gasteiger charge is -2.15. The number of aryl methyl sites for hydroxylation is 1. The van der Waals surface area contributed by atoms with E-state index in [1.54, 1.807) is 6.92 Å². The van der Waals surface area contributed by atoms with Crippen LogP contribution in [0.4, 0.5) is 0 Å². The molecule has 0 radical (unpaired) electrons. The summed E-state index contributed by atoms with van der Waals surface area (Å²) in [7, 11) is 0. The van der Waals surface area contributed by atoms with Crippen molar-refractivity contribution in [3.8, 4) is 0 Å². The first kappa shape index (κ1) is 13.5. The van der Waals surface area contributed by atoms with Gasteiger partial charge in [-0.1, -0.05) is 0 Å². The standard InChI is InChI=1S/C11H15N3O5/c1-7-4-14(11(17)13-9(7)16)6-19-8(5-15)10-12-2-3-18-10/h4,8,15H,2-3,5-6H2,1H3,(H,13,16,17). The van der Waals surface area contributed by atoms with Crippen LogP contribution in [0.15, 0.2) is 20.8 Å². The summed E-state index contributed by atoms with van der Waals surface area (Å²) in [6.07, 6.45) is 0.689. The summed E-state index contributed by atoms with van der Waals surface area (Å²) < 4.78 is 11.8. The number of aromatic amines is 1. The summed E-state index contributed by atoms with van der Waals surface area (Å²) in [5, 5.41) is 9.20. The number of hydrogen-bond donors (Lipinski definition) is 2. The predicted molar refractivity (Wildman–Crippen MR) is 66.3 cm³/mol. The Morgan fingerprint density at radius 3 is 3.05 bits per heavy atom. The number of aliphatic imine (C=N–C) groups is 1. The first-order valence-corrected chi connectivity index (χ1v) is 5.82. The van der Waals surface area contributed by atoms with Crippen molar-refractivity contribution in [2.45, 2.75) is 19.8 Å². The van der Waals surface area contributed by atoms with Gasteiger partial charge in [0.15, 0.2) is 6.10 Å². The van der Waals surface area contributed by atoms with Crippen LogP contribution in [-0.4, -0.2) is 46.4 Å². The van der Waals surface area contributed by atoms with Gasteiger partial charge in [-0.2, -0.15) is 0 Å². The highest BCUT2D eigenvalue weighted by atomic mass is 16.6. The van der Waals surface area contributed by atoms with E-state index in [2.05, 4.69) is 9.98 Å². The van der Waals surface area contributed by atoms with Gasteiger partial charge in [0.2, 0.25) is 5.90 Å². The molecule has 0 saturated heterocycles. The molecule has 0 spiro atoms. The van der Waals surface area contributed by atoms with Crippen molar-refractivity contribution in [3.63, 3.8) is 0 Å². The molecule has 2 N–H and O–H groups in total. The number of H-pyrrole nitrogens is 1. The number of ether oxygens (including phenoxy) is 2. The van der Waals surface area contributed by atoms with Crippen LogP contribution in [0.3, 0.4) is 0 Å². The van der Waals surface area contributed by atoms with Crippen molar-refractivity contribution >= 4 is 5.90 Å². The van der Waals surface area contributed by atoms with Gasteiger partial charge in [-0.25, -0.2) is 9.79 Å². The first-order valence-electron chi connectivity index (χ1n) is 5.82. The molecular formula is C11H15N3O5. The Morgan fingerprint density at radius 2 is 2.42 bits per heavy atom. The number of nitrogens with zero attached hydrogens (tertiary/aromatic N) is 2. The highest BCUT2D eigenvalue weighted by Gasteiger charge is 2.21. The van der Waals surface area contributed by atoms with Gasteiger partial charge < -0.3 is 14.6 Å². The number of nitrogens with one attached hydrogen (secondary N) is 1. The summed E-state index contributed by atoms with van der Waals surface area (Å²) in [4.78, 5) is 28.9. The van der Waals surface area contributed by atoms with Crippen LogP contribution in [-0.2, 0) is 16.2 Å². The van der Waals surface area contributed by atoms with Crippen molar-refractivity contribution in [2.24, 2.45) is 4.99 Å². The van der Waals surface area contributed by atoms with Gasteiger partial charge in [-0.3, -0.25) is 14.3 Å². The molecule has 0 saturated carbocycles. The van der Waals surface area contributed by atoms with Crippen molar-refractivity contribution in [2.75, 3.05) is 19.8 Å². The molecule has 8 nitrogen and oxygen atoms in total. The maximum absolute atomic E-state index is 11.5. The molecule has 0 aromatic carbocycles. The van der Waals surface area contributed by atoms with Gasteiger partial charge in [-0.05, 0) is 6.92 Å². The van der Waals surface area contributed by atoms with Crippen LogP contribution < -0.4 is 11.2 Å². The third-order valence-electron chi connectivity index (χ3n) is 2.65. The lowest BCUT2D eigenvalue weighted by molar-refractivity contribution is 0.00153. The van der Waals surface area contributed by atoms with E-state index in [0.717, 1.165) is 0 Å². The normalized spacial score (nSPS) is 16.0. The summed E-state index contributed by atoms with van der Waals surface area (Å²) in [6.45, 7) is 2.18. The second kappa shape index (κ2) is 5.81. The topological polar surface area (TPSA) is 106 Å². The van der Waals surface area contributed by atoms with Crippen molar-refractivity contribution in [1.29, 1.82) is 0 Å². The Hall–Kier alpha value is -1.93. The average Bonchev–Trinajstić information content (AvgIpc) is 2.90. The molecule has 1 unspecified atom stereocenters. The van der Waals surface area contributed by atoms with Crippen LogP contribution in [0.2, 0.25) is 0 Å². The zero-order valence-electron chi connectivity index (χ0n) is 10.5.